The van der Waals surface area contributed by atoms with E-state index >= 15 is 0 Å². The third-order valence-electron chi connectivity index (χ3n) is 2.81. The van der Waals surface area contributed by atoms with Gasteiger partial charge in [0.2, 0.25) is 0 Å². The van der Waals surface area contributed by atoms with Crippen LogP contribution in [0.2, 0.25) is 0 Å². The van der Waals surface area contributed by atoms with Gasteiger partial charge in [0.15, 0.2) is 0 Å². The molecule has 1 N–H and O–H groups in total. The van der Waals surface area contributed by atoms with Crippen molar-refractivity contribution < 1.29 is 18.8 Å². The molecule has 2 aromatic rings. The molecule has 7 heteroatoms. The molecule has 22 heavy (non-hydrogen) atoms. The molecule has 114 valence electrons. The van der Waals surface area contributed by atoms with Gasteiger partial charge in [-0.15, -0.1) is 0 Å². The molecule has 0 aliphatic rings. The molecule has 0 aliphatic heterocycles. The molecule has 0 atom stereocenters. The number of nitro benzene ring substituents is 1. The summed E-state index contributed by atoms with van der Waals surface area (Å²) in [7, 11) is 0. The maximum Gasteiger partial charge on any atom is 0.269 e. The molecule has 0 bridgehead atoms. The summed E-state index contributed by atoms with van der Waals surface area (Å²) in [6.45, 7) is 0.484. The zero-order valence-electron chi connectivity index (χ0n) is 11.5. The molecule has 6 nitrogen and oxygen atoms in total. The van der Waals surface area contributed by atoms with Gasteiger partial charge in [-0.2, -0.15) is 0 Å². The molecule has 0 spiro atoms. The number of nitrogens with zero attached hydrogens (tertiary/aromatic N) is 1. The number of halogens is 1. The number of amides is 1. The van der Waals surface area contributed by atoms with E-state index in [1.807, 2.05) is 0 Å². The van der Waals surface area contributed by atoms with Gasteiger partial charge < -0.3 is 10.1 Å². The van der Waals surface area contributed by atoms with Crippen LogP contribution in [0.15, 0.2) is 48.5 Å². The van der Waals surface area contributed by atoms with Crippen LogP contribution in [-0.4, -0.2) is 24.0 Å². The van der Waals surface area contributed by atoms with Crippen molar-refractivity contribution in [3.8, 4) is 5.75 Å². The Hall–Kier alpha value is -2.96. The zero-order chi connectivity index (χ0) is 15.9. The molecule has 1 amide bonds. The number of carbonyl (C=O) groups excluding carboxylic acids is 1. The lowest BCUT2D eigenvalue weighted by Crippen LogP contribution is -2.28. The Labute approximate surface area is 125 Å². The second-order valence-corrected chi connectivity index (χ2v) is 4.36. The number of nitrogens with one attached hydrogen (secondary N) is 1. The highest BCUT2D eigenvalue weighted by Gasteiger charge is 2.08. The molecule has 0 saturated heterocycles. The van der Waals surface area contributed by atoms with Crippen LogP contribution in [0.3, 0.4) is 0 Å². The fraction of sp³-hybridized carbons (Fsp3) is 0.133. The van der Waals surface area contributed by atoms with E-state index in [0.717, 1.165) is 0 Å². The predicted octanol–water partition coefficient (Wildman–Crippen LogP) is 2.54. The van der Waals surface area contributed by atoms with E-state index in [0.29, 0.717) is 11.3 Å². The van der Waals surface area contributed by atoms with Crippen LogP contribution in [0.25, 0.3) is 0 Å². The Kier molecular flexibility index (Phi) is 5.02. The second-order valence-electron chi connectivity index (χ2n) is 4.36. The Morgan fingerprint density at radius 1 is 1.14 bits per heavy atom. The summed E-state index contributed by atoms with van der Waals surface area (Å²) in [6, 6.07) is 10.9. The third kappa shape index (κ3) is 4.27. The lowest BCUT2D eigenvalue weighted by Gasteiger charge is -2.07. The van der Waals surface area contributed by atoms with Gasteiger partial charge in [-0.05, 0) is 36.4 Å². The minimum Gasteiger partial charge on any atom is -0.492 e. The average molecular weight is 304 g/mol. The van der Waals surface area contributed by atoms with Crippen molar-refractivity contribution in [3.05, 3.63) is 70.0 Å². The predicted molar refractivity (Wildman–Crippen MR) is 77.3 cm³/mol. The van der Waals surface area contributed by atoms with Crippen molar-refractivity contribution in [1.82, 2.24) is 5.32 Å². The number of benzene rings is 2. The number of ether oxygens (including phenoxy) is 1. The van der Waals surface area contributed by atoms with Crippen LogP contribution in [0.1, 0.15) is 10.4 Å². The molecule has 0 radical (unpaired) electrons. The van der Waals surface area contributed by atoms with E-state index in [1.165, 1.54) is 48.5 Å². The lowest BCUT2D eigenvalue weighted by atomic mass is 10.2. The van der Waals surface area contributed by atoms with E-state index < -0.39 is 4.92 Å². The van der Waals surface area contributed by atoms with E-state index in [-0.39, 0.29) is 30.6 Å². The third-order valence-corrected chi connectivity index (χ3v) is 2.81. The SMILES string of the molecule is O=C(NCCOc1ccc(F)cc1)c1ccc([N+](=O)[O-])cc1. The molecule has 0 aliphatic carbocycles. The molecule has 2 rings (SSSR count). The number of nitro groups is 1. The standard InChI is InChI=1S/C15H13FN2O4/c16-12-3-7-14(8-4-12)22-10-9-17-15(19)11-1-5-13(6-2-11)18(20)21/h1-8H,9-10H2,(H,17,19). The van der Waals surface area contributed by atoms with Crippen LogP contribution in [-0.2, 0) is 0 Å². The number of rotatable bonds is 6. The minimum atomic E-state index is -0.530. The number of hydrogen-bond acceptors (Lipinski definition) is 4. The van der Waals surface area contributed by atoms with Crippen LogP contribution in [0.4, 0.5) is 10.1 Å². The van der Waals surface area contributed by atoms with Crippen LogP contribution in [0, 0.1) is 15.9 Å². The second kappa shape index (κ2) is 7.16. The van der Waals surface area contributed by atoms with E-state index in [1.54, 1.807) is 0 Å². The Bertz CT molecular complexity index is 656. The number of hydrogen-bond donors (Lipinski definition) is 1. The Balaban J connectivity index is 1.77. The first-order chi connectivity index (χ1) is 10.6. The van der Waals surface area contributed by atoms with Gasteiger partial charge in [-0.1, -0.05) is 0 Å². The van der Waals surface area contributed by atoms with Crippen molar-refractivity contribution in [1.29, 1.82) is 0 Å². The monoisotopic (exact) mass is 304 g/mol. The Morgan fingerprint density at radius 2 is 1.77 bits per heavy atom. The molecule has 2 aromatic carbocycles. The summed E-state index contributed by atoms with van der Waals surface area (Å²) in [5, 5.41) is 13.1. The largest absolute Gasteiger partial charge is 0.492 e. The summed E-state index contributed by atoms with van der Waals surface area (Å²) in [6.07, 6.45) is 0. The summed E-state index contributed by atoms with van der Waals surface area (Å²) < 4.78 is 18.0. The van der Waals surface area contributed by atoms with Crippen molar-refractivity contribution in [3.63, 3.8) is 0 Å². The quantitative estimate of drug-likeness (QED) is 0.505. The lowest BCUT2D eigenvalue weighted by molar-refractivity contribution is -0.384. The topological polar surface area (TPSA) is 81.5 Å². The van der Waals surface area contributed by atoms with E-state index in [9.17, 15) is 19.3 Å². The highest BCUT2D eigenvalue weighted by Crippen LogP contribution is 2.12. The molecular formula is C15H13FN2O4. The molecule has 0 saturated carbocycles. The minimum absolute atomic E-state index is 0.0730. The molecule has 0 fully saturated rings. The zero-order valence-corrected chi connectivity index (χ0v) is 11.5. The van der Waals surface area contributed by atoms with E-state index in [2.05, 4.69) is 5.32 Å². The normalized spacial score (nSPS) is 10.0. The number of non-ortho nitro benzene ring substituents is 1. The summed E-state index contributed by atoms with van der Waals surface area (Å²) >= 11 is 0. The van der Waals surface area contributed by atoms with Gasteiger partial charge in [-0.25, -0.2) is 4.39 Å². The molecule has 0 unspecified atom stereocenters. The van der Waals surface area contributed by atoms with Gasteiger partial charge >= 0.3 is 0 Å². The highest BCUT2D eigenvalue weighted by molar-refractivity contribution is 5.94. The van der Waals surface area contributed by atoms with Gasteiger partial charge in [0.05, 0.1) is 11.5 Å². The summed E-state index contributed by atoms with van der Waals surface area (Å²) in [4.78, 5) is 21.8. The smallest absolute Gasteiger partial charge is 0.269 e. The van der Waals surface area contributed by atoms with Crippen LogP contribution in [0.5, 0.6) is 5.75 Å². The van der Waals surface area contributed by atoms with E-state index in [4.69, 9.17) is 4.74 Å². The fourth-order valence-electron chi connectivity index (χ4n) is 1.70. The van der Waals surface area contributed by atoms with Crippen molar-refractivity contribution in [2.45, 2.75) is 0 Å². The average Bonchev–Trinajstić information content (AvgIpc) is 2.53. The maximum absolute atomic E-state index is 12.7. The number of carbonyl (C=O) groups is 1. The first kappa shape index (κ1) is 15.4. The van der Waals surface area contributed by atoms with Crippen LogP contribution >= 0.6 is 0 Å². The van der Waals surface area contributed by atoms with Crippen molar-refractivity contribution >= 4 is 11.6 Å². The highest BCUT2D eigenvalue weighted by atomic mass is 19.1. The first-order valence-electron chi connectivity index (χ1n) is 6.47. The van der Waals surface area contributed by atoms with Gasteiger partial charge in [0, 0.05) is 17.7 Å². The van der Waals surface area contributed by atoms with Gasteiger partial charge in [0.1, 0.15) is 18.2 Å². The fourth-order valence-corrected chi connectivity index (χ4v) is 1.70. The van der Waals surface area contributed by atoms with Gasteiger partial charge in [-0.3, -0.25) is 14.9 Å². The van der Waals surface area contributed by atoms with Gasteiger partial charge in [0.25, 0.3) is 11.6 Å². The Morgan fingerprint density at radius 3 is 2.36 bits per heavy atom. The molecule has 0 heterocycles. The summed E-state index contributed by atoms with van der Waals surface area (Å²) in [5.74, 6) is -0.192. The van der Waals surface area contributed by atoms with Crippen molar-refractivity contribution in [2.75, 3.05) is 13.2 Å². The molecule has 0 aromatic heterocycles. The first-order valence-corrected chi connectivity index (χ1v) is 6.47. The van der Waals surface area contributed by atoms with Crippen molar-refractivity contribution in [2.24, 2.45) is 0 Å². The van der Waals surface area contributed by atoms with Crippen LogP contribution < -0.4 is 10.1 Å². The maximum atomic E-state index is 12.7. The summed E-state index contributed by atoms with van der Waals surface area (Å²) in [5.41, 5.74) is 0.253. The molecular weight excluding hydrogens is 291 g/mol.